The first kappa shape index (κ1) is 24.9. The molecule has 3 aliphatic rings. The Hall–Kier alpha value is -2.37. The number of hydrogen-bond acceptors (Lipinski definition) is 4. The average molecular weight is 515 g/mol. The van der Waals surface area contributed by atoms with E-state index in [0.717, 1.165) is 66.3 Å². The summed E-state index contributed by atoms with van der Waals surface area (Å²) in [7, 11) is 0. The molecule has 0 radical (unpaired) electrons. The molecule has 1 saturated carbocycles. The van der Waals surface area contributed by atoms with Crippen molar-refractivity contribution >= 4 is 11.8 Å². The van der Waals surface area contributed by atoms with Gasteiger partial charge in [-0.25, -0.2) is 4.98 Å². The molecule has 1 atom stereocenters. The summed E-state index contributed by atoms with van der Waals surface area (Å²) in [5.74, 6) is 0.897. The lowest BCUT2D eigenvalue weighted by atomic mass is 9.62. The lowest BCUT2D eigenvalue weighted by Gasteiger charge is -2.43. The largest absolute Gasteiger partial charge is 0.375 e. The summed E-state index contributed by atoms with van der Waals surface area (Å²) < 4.78 is 8.16. The van der Waals surface area contributed by atoms with Crippen molar-refractivity contribution in [2.45, 2.75) is 93.8 Å². The van der Waals surface area contributed by atoms with Crippen molar-refractivity contribution in [2.75, 3.05) is 12.4 Å². The first-order valence-corrected chi connectivity index (χ1v) is 15.0. The Balaban J connectivity index is 1.48. The molecule has 1 aliphatic heterocycles. The zero-order valence-electron chi connectivity index (χ0n) is 22.2. The van der Waals surface area contributed by atoms with Gasteiger partial charge in [0.15, 0.2) is 5.16 Å². The Morgan fingerprint density at radius 2 is 1.78 bits per heavy atom. The van der Waals surface area contributed by atoms with Crippen molar-refractivity contribution < 1.29 is 4.74 Å². The zero-order valence-corrected chi connectivity index (χ0v) is 23.0. The van der Waals surface area contributed by atoms with E-state index >= 15 is 0 Å². The van der Waals surface area contributed by atoms with Crippen LogP contribution in [0.1, 0.15) is 81.5 Å². The molecule has 0 N–H and O–H groups in total. The molecule has 1 unspecified atom stereocenters. The second kappa shape index (κ2) is 10.1. The van der Waals surface area contributed by atoms with Gasteiger partial charge in [0.05, 0.1) is 16.9 Å². The van der Waals surface area contributed by atoms with Gasteiger partial charge in [-0.3, -0.25) is 9.36 Å². The van der Waals surface area contributed by atoms with E-state index in [1.165, 1.54) is 30.4 Å². The van der Waals surface area contributed by atoms with Gasteiger partial charge in [-0.2, -0.15) is 0 Å². The average Bonchev–Trinajstić information content (AvgIpc) is 2.89. The number of ether oxygens (including phenoxy) is 1. The first-order valence-electron chi connectivity index (χ1n) is 14.0. The molecule has 2 heterocycles. The van der Waals surface area contributed by atoms with Crippen LogP contribution in [0, 0.1) is 0 Å². The van der Waals surface area contributed by atoms with Crippen molar-refractivity contribution in [3.05, 3.63) is 81.6 Å². The number of benzene rings is 2. The predicted octanol–water partition coefficient (Wildman–Crippen LogP) is 7.13. The molecule has 5 heteroatoms. The van der Waals surface area contributed by atoms with Crippen LogP contribution in [0.25, 0.3) is 11.3 Å². The van der Waals surface area contributed by atoms with Crippen molar-refractivity contribution in [2.24, 2.45) is 0 Å². The molecule has 6 rings (SSSR count). The van der Waals surface area contributed by atoms with E-state index in [0.29, 0.717) is 6.61 Å². The Labute approximate surface area is 224 Å². The molecule has 1 saturated heterocycles. The van der Waals surface area contributed by atoms with Crippen LogP contribution in [-0.4, -0.2) is 27.5 Å². The van der Waals surface area contributed by atoms with Gasteiger partial charge in [-0.05, 0) is 63.5 Å². The van der Waals surface area contributed by atoms with E-state index in [2.05, 4.69) is 73.0 Å². The molecule has 2 fully saturated rings. The minimum atomic E-state index is -0.237. The van der Waals surface area contributed by atoms with Crippen LogP contribution in [-0.2, 0) is 23.0 Å². The van der Waals surface area contributed by atoms with E-state index in [1.54, 1.807) is 11.8 Å². The summed E-state index contributed by atoms with van der Waals surface area (Å²) in [6.45, 7) is 4.98. The van der Waals surface area contributed by atoms with Gasteiger partial charge in [0, 0.05) is 29.4 Å². The third-order valence-corrected chi connectivity index (χ3v) is 9.68. The minimum Gasteiger partial charge on any atom is -0.375 e. The molecule has 0 bridgehead atoms. The Morgan fingerprint density at radius 1 is 1.03 bits per heavy atom. The number of nitrogens with zero attached hydrogens (tertiary/aromatic N) is 2. The summed E-state index contributed by atoms with van der Waals surface area (Å²) in [4.78, 5) is 20.1. The molecule has 2 aromatic carbocycles. The highest BCUT2D eigenvalue weighted by Crippen LogP contribution is 2.49. The van der Waals surface area contributed by atoms with Crippen LogP contribution in [0.4, 0.5) is 0 Å². The highest BCUT2D eigenvalue weighted by atomic mass is 32.2. The van der Waals surface area contributed by atoms with Gasteiger partial charge in [0.1, 0.15) is 0 Å². The van der Waals surface area contributed by atoms with Crippen LogP contribution in [0.15, 0.2) is 64.5 Å². The molecule has 2 aliphatic carbocycles. The molecule has 194 valence electrons. The lowest BCUT2D eigenvalue weighted by molar-refractivity contribution is -0.0710. The summed E-state index contributed by atoms with van der Waals surface area (Å²) in [6, 6.07) is 19.4. The van der Waals surface area contributed by atoms with E-state index < -0.39 is 0 Å². The topological polar surface area (TPSA) is 44.1 Å². The van der Waals surface area contributed by atoms with Crippen molar-refractivity contribution in [1.82, 2.24) is 9.55 Å². The van der Waals surface area contributed by atoms with E-state index in [-0.39, 0.29) is 22.6 Å². The van der Waals surface area contributed by atoms with Crippen molar-refractivity contribution in [1.29, 1.82) is 0 Å². The number of rotatable bonds is 5. The normalized spacial score (nSPS) is 21.8. The highest BCUT2D eigenvalue weighted by molar-refractivity contribution is 7.99. The fourth-order valence-electron chi connectivity index (χ4n) is 6.95. The maximum Gasteiger partial charge on any atom is 0.258 e. The predicted molar refractivity (Wildman–Crippen MR) is 152 cm³/mol. The Kier molecular flexibility index (Phi) is 6.79. The molecule has 1 spiro atoms. The standard InChI is InChI=1S/C32H38N2O2S/c1-31(2)22-25(15-19-36-31)34-29(35)27-28(33-30(34)37-20-16-23-11-5-3-6-12-23)26-14-8-7-13-24(26)21-32(27)17-9-4-10-18-32/h3,5-8,11-14,25H,4,9-10,15-22H2,1-2H3. The van der Waals surface area contributed by atoms with Crippen LogP contribution < -0.4 is 5.56 Å². The summed E-state index contributed by atoms with van der Waals surface area (Å²) in [5, 5.41) is 0.880. The molecule has 0 amide bonds. The number of aryl methyl sites for hydroxylation is 1. The second-order valence-electron chi connectivity index (χ2n) is 11.8. The maximum atomic E-state index is 14.7. The molecule has 37 heavy (non-hydrogen) atoms. The first-order chi connectivity index (χ1) is 18.0. The Morgan fingerprint density at radius 3 is 2.57 bits per heavy atom. The van der Waals surface area contributed by atoms with Gasteiger partial charge in [0.2, 0.25) is 0 Å². The van der Waals surface area contributed by atoms with E-state index in [9.17, 15) is 4.79 Å². The van der Waals surface area contributed by atoms with Crippen molar-refractivity contribution in [3.8, 4) is 11.3 Å². The fourth-order valence-corrected chi connectivity index (χ4v) is 8.00. The maximum absolute atomic E-state index is 14.7. The SMILES string of the molecule is CC1(C)CC(n2c(SCCc3ccccc3)nc3c(c2=O)C2(CCCCC2)Cc2ccccc2-3)CCO1. The second-order valence-corrected chi connectivity index (χ2v) is 12.9. The fraction of sp³-hybridized carbons (Fsp3) is 0.500. The van der Waals surface area contributed by atoms with E-state index in [1.807, 2.05) is 0 Å². The minimum absolute atomic E-state index is 0.0817. The van der Waals surface area contributed by atoms with Crippen LogP contribution in [0.5, 0.6) is 0 Å². The van der Waals surface area contributed by atoms with Gasteiger partial charge in [-0.15, -0.1) is 0 Å². The summed E-state index contributed by atoms with van der Waals surface area (Å²) >= 11 is 1.74. The summed E-state index contributed by atoms with van der Waals surface area (Å²) in [5.41, 5.74) is 5.69. The lowest BCUT2D eigenvalue weighted by Crippen LogP contribution is -2.45. The molecule has 1 aromatic heterocycles. The quantitative estimate of drug-likeness (QED) is 0.268. The highest BCUT2D eigenvalue weighted by Gasteiger charge is 2.44. The van der Waals surface area contributed by atoms with Gasteiger partial charge >= 0.3 is 0 Å². The van der Waals surface area contributed by atoms with Crippen LogP contribution in [0.2, 0.25) is 0 Å². The Bertz CT molecular complexity index is 1320. The van der Waals surface area contributed by atoms with Gasteiger partial charge in [0.25, 0.3) is 5.56 Å². The molecule has 4 nitrogen and oxygen atoms in total. The third kappa shape index (κ3) is 4.81. The van der Waals surface area contributed by atoms with E-state index in [4.69, 9.17) is 9.72 Å². The number of fused-ring (bicyclic) bond motifs is 4. The third-order valence-electron chi connectivity index (χ3n) is 8.73. The summed E-state index contributed by atoms with van der Waals surface area (Å²) in [6.07, 6.45) is 9.45. The number of thioether (sulfide) groups is 1. The smallest absolute Gasteiger partial charge is 0.258 e. The number of aromatic nitrogens is 2. The molecular formula is C32H38N2O2S. The van der Waals surface area contributed by atoms with Crippen molar-refractivity contribution in [3.63, 3.8) is 0 Å². The van der Waals surface area contributed by atoms with Gasteiger partial charge < -0.3 is 4.74 Å². The molecular weight excluding hydrogens is 476 g/mol. The number of hydrogen-bond donors (Lipinski definition) is 0. The monoisotopic (exact) mass is 514 g/mol. The van der Waals surface area contributed by atoms with Crippen LogP contribution in [0.3, 0.4) is 0 Å². The van der Waals surface area contributed by atoms with Gasteiger partial charge in [-0.1, -0.05) is 85.6 Å². The molecule has 3 aromatic rings. The van der Waals surface area contributed by atoms with Crippen LogP contribution >= 0.6 is 11.8 Å². The zero-order chi connectivity index (χ0) is 25.5.